The highest BCUT2D eigenvalue weighted by molar-refractivity contribution is 7.09. The van der Waals surface area contributed by atoms with E-state index in [0.717, 1.165) is 38.2 Å². The zero-order chi connectivity index (χ0) is 15.2. The number of likely N-dealkylation sites (N-methyl/N-ethyl adjacent to an activating group) is 2. The van der Waals surface area contributed by atoms with Crippen LogP contribution in [-0.2, 0) is 6.42 Å². The quantitative estimate of drug-likeness (QED) is 0.756. The molecule has 0 bridgehead atoms. The van der Waals surface area contributed by atoms with Crippen LogP contribution >= 0.6 is 11.3 Å². The Morgan fingerprint density at radius 2 is 1.95 bits per heavy atom. The lowest BCUT2D eigenvalue weighted by Crippen LogP contribution is -2.60. The second kappa shape index (κ2) is 8.11. The van der Waals surface area contributed by atoms with Crippen LogP contribution in [0.3, 0.4) is 0 Å². The van der Waals surface area contributed by atoms with E-state index in [-0.39, 0.29) is 5.54 Å². The molecular formula is C16H31N3S. The minimum atomic E-state index is 0.180. The van der Waals surface area contributed by atoms with Gasteiger partial charge >= 0.3 is 0 Å². The number of hydrogen-bond acceptors (Lipinski definition) is 4. The molecule has 0 aliphatic rings. The van der Waals surface area contributed by atoms with Crippen molar-refractivity contribution in [2.45, 2.75) is 66.0 Å². The Morgan fingerprint density at radius 1 is 1.30 bits per heavy atom. The predicted octanol–water partition coefficient (Wildman–Crippen LogP) is 3.48. The Hall–Kier alpha value is -0.450. The van der Waals surface area contributed by atoms with Gasteiger partial charge in [0.25, 0.3) is 0 Å². The van der Waals surface area contributed by atoms with Gasteiger partial charge in [-0.1, -0.05) is 27.7 Å². The molecule has 116 valence electrons. The van der Waals surface area contributed by atoms with Crippen molar-refractivity contribution < 1.29 is 0 Å². The summed E-state index contributed by atoms with van der Waals surface area (Å²) in [5, 5.41) is 7.11. The van der Waals surface area contributed by atoms with Gasteiger partial charge in [0.15, 0.2) is 0 Å². The third-order valence-corrected chi connectivity index (χ3v) is 5.44. The van der Waals surface area contributed by atoms with Crippen molar-refractivity contribution in [2.75, 3.05) is 19.6 Å². The van der Waals surface area contributed by atoms with Crippen LogP contribution in [0.5, 0.6) is 0 Å². The van der Waals surface area contributed by atoms with Gasteiger partial charge in [0.05, 0.1) is 5.01 Å². The van der Waals surface area contributed by atoms with Crippen LogP contribution in [-0.4, -0.2) is 41.1 Å². The molecule has 0 saturated carbocycles. The van der Waals surface area contributed by atoms with E-state index in [9.17, 15) is 0 Å². The summed E-state index contributed by atoms with van der Waals surface area (Å²) in [6.45, 7) is 16.7. The Kier molecular flexibility index (Phi) is 7.13. The molecule has 1 heterocycles. The molecule has 1 rings (SSSR count). The zero-order valence-corrected chi connectivity index (χ0v) is 14.8. The van der Waals surface area contributed by atoms with Crippen LogP contribution in [0.1, 0.15) is 51.7 Å². The van der Waals surface area contributed by atoms with Gasteiger partial charge in [-0.3, -0.25) is 4.90 Å². The summed E-state index contributed by atoms with van der Waals surface area (Å²) in [5.74, 6) is 0. The molecule has 0 aliphatic heterocycles. The molecule has 0 aliphatic carbocycles. The van der Waals surface area contributed by atoms with Crippen molar-refractivity contribution in [2.24, 2.45) is 0 Å². The third-order valence-electron chi connectivity index (χ3n) is 4.45. The van der Waals surface area contributed by atoms with Crippen LogP contribution in [0.25, 0.3) is 0 Å². The Balaban J connectivity index is 2.96. The fourth-order valence-electron chi connectivity index (χ4n) is 3.07. The van der Waals surface area contributed by atoms with E-state index in [1.54, 1.807) is 11.3 Å². The van der Waals surface area contributed by atoms with Gasteiger partial charge in [-0.15, -0.1) is 11.3 Å². The molecule has 1 aromatic rings. The number of nitrogens with zero attached hydrogens (tertiary/aromatic N) is 2. The van der Waals surface area contributed by atoms with Gasteiger partial charge in [0.2, 0.25) is 0 Å². The highest BCUT2D eigenvalue weighted by atomic mass is 32.1. The van der Waals surface area contributed by atoms with Crippen LogP contribution in [0.2, 0.25) is 0 Å². The molecule has 0 saturated heterocycles. The zero-order valence-electron chi connectivity index (χ0n) is 14.0. The first kappa shape index (κ1) is 17.6. The Bertz CT molecular complexity index is 387. The first-order valence-electron chi connectivity index (χ1n) is 7.91. The fourth-order valence-corrected chi connectivity index (χ4v) is 3.88. The van der Waals surface area contributed by atoms with Gasteiger partial charge in [0.1, 0.15) is 0 Å². The lowest BCUT2D eigenvalue weighted by molar-refractivity contribution is 0.0706. The molecule has 20 heavy (non-hydrogen) atoms. The van der Waals surface area contributed by atoms with Gasteiger partial charge in [-0.2, -0.15) is 0 Å². The van der Waals surface area contributed by atoms with Crippen molar-refractivity contribution in [3.63, 3.8) is 0 Å². The lowest BCUT2D eigenvalue weighted by Gasteiger charge is -2.46. The second-order valence-electron chi connectivity index (χ2n) is 5.58. The molecule has 2 unspecified atom stereocenters. The minimum Gasteiger partial charge on any atom is -0.312 e. The molecule has 4 heteroatoms. The molecule has 1 aromatic heterocycles. The highest BCUT2D eigenvalue weighted by Crippen LogP contribution is 2.27. The van der Waals surface area contributed by atoms with Gasteiger partial charge in [-0.25, -0.2) is 4.98 Å². The monoisotopic (exact) mass is 297 g/mol. The van der Waals surface area contributed by atoms with E-state index in [2.05, 4.69) is 62.1 Å². The average Bonchev–Trinajstić information content (AvgIpc) is 2.84. The number of nitrogens with one attached hydrogen (secondary N) is 1. The largest absolute Gasteiger partial charge is 0.312 e. The second-order valence-corrected chi connectivity index (χ2v) is 6.52. The van der Waals surface area contributed by atoms with Crippen LogP contribution in [0, 0.1) is 6.92 Å². The lowest BCUT2D eigenvalue weighted by atomic mass is 9.85. The molecule has 0 aromatic carbocycles. The van der Waals surface area contributed by atoms with Crippen molar-refractivity contribution in [3.8, 4) is 0 Å². The van der Waals surface area contributed by atoms with E-state index in [1.807, 2.05) is 0 Å². The molecule has 1 N–H and O–H groups in total. The fraction of sp³-hybridized carbons (Fsp3) is 0.812. The Labute approximate surface area is 128 Å². The number of rotatable bonds is 9. The molecule has 0 radical (unpaired) electrons. The summed E-state index contributed by atoms with van der Waals surface area (Å²) in [4.78, 5) is 7.24. The van der Waals surface area contributed by atoms with E-state index >= 15 is 0 Å². The maximum Gasteiger partial charge on any atom is 0.0944 e. The predicted molar refractivity (Wildman–Crippen MR) is 89.6 cm³/mol. The summed E-state index contributed by atoms with van der Waals surface area (Å²) in [6, 6.07) is 0.447. The van der Waals surface area contributed by atoms with E-state index in [0.29, 0.717) is 6.04 Å². The molecule has 0 amide bonds. The topological polar surface area (TPSA) is 28.2 Å². The first-order valence-corrected chi connectivity index (χ1v) is 8.79. The van der Waals surface area contributed by atoms with Crippen LogP contribution in [0.15, 0.2) is 5.38 Å². The highest BCUT2D eigenvalue weighted by Gasteiger charge is 2.36. The standard InChI is InChI=1S/C16H31N3S/c1-7-16(6,19(9-3)10-4)14(17-8-2)11-15-18-13(5)12-20-15/h12,14,17H,7-11H2,1-6H3. The van der Waals surface area contributed by atoms with Gasteiger partial charge < -0.3 is 5.32 Å². The summed E-state index contributed by atoms with van der Waals surface area (Å²) in [6.07, 6.45) is 2.17. The number of hydrogen-bond donors (Lipinski definition) is 1. The third kappa shape index (κ3) is 4.03. The molecule has 2 atom stereocenters. The summed E-state index contributed by atoms with van der Waals surface area (Å²) >= 11 is 1.79. The van der Waals surface area contributed by atoms with Gasteiger partial charge in [-0.05, 0) is 39.9 Å². The van der Waals surface area contributed by atoms with Crippen molar-refractivity contribution in [3.05, 3.63) is 16.1 Å². The van der Waals surface area contributed by atoms with E-state index in [1.165, 1.54) is 5.01 Å². The number of thiazole rings is 1. The van der Waals surface area contributed by atoms with Crippen molar-refractivity contribution >= 4 is 11.3 Å². The summed E-state index contributed by atoms with van der Waals surface area (Å²) in [7, 11) is 0. The van der Waals surface area contributed by atoms with Crippen LogP contribution < -0.4 is 5.32 Å². The maximum atomic E-state index is 4.65. The summed E-state index contributed by atoms with van der Waals surface area (Å²) in [5.41, 5.74) is 1.32. The SMILES string of the molecule is CCNC(Cc1nc(C)cs1)C(C)(CC)N(CC)CC. The Morgan fingerprint density at radius 3 is 2.35 bits per heavy atom. The maximum absolute atomic E-state index is 4.65. The average molecular weight is 298 g/mol. The van der Waals surface area contributed by atoms with Gasteiger partial charge in [0, 0.05) is 29.1 Å². The number of aromatic nitrogens is 1. The molecule has 0 fully saturated rings. The van der Waals surface area contributed by atoms with Crippen molar-refractivity contribution in [1.82, 2.24) is 15.2 Å². The molecule has 3 nitrogen and oxygen atoms in total. The summed E-state index contributed by atoms with van der Waals surface area (Å²) < 4.78 is 0. The smallest absolute Gasteiger partial charge is 0.0944 e. The van der Waals surface area contributed by atoms with Crippen molar-refractivity contribution in [1.29, 1.82) is 0 Å². The molecular weight excluding hydrogens is 266 g/mol. The number of aryl methyl sites for hydroxylation is 1. The molecule has 0 spiro atoms. The van der Waals surface area contributed by atoms with Crippen LogP contribution in [0.4, 0.5) is 0 Å². The first-order chi connectivity index (χ1) is 9.51. The van der Waals surface area contributed by atoms with E-state index < -0.39 is 0 Å². The normalized spacial score (nSPS) is 16.4. The van der Waals surface area contributed by atoms with E-state index in [4.69, 9.17) is 0 Å². The minimum absolute atomic E-state index is 0.180.